The van der Waals surface area contributed by atoms with Gasteiger partial charge in [-0.05, 0) is 4.57 Å². The van der Waals surface area contributed by atoms with Crippen molar-refractivity contribution in [2.45, 2.75) is 24.4 Å². The van der Waals surface area contributed by atoms with Gasteiger partial charge in [0.15, 0.2) is 6.29 Å². The van der Waals surface area contributed by atoms with Crippen LogP contribution in [0.1, 0.15) is 0 Å². The van der Waals surface area contributed by atoms with Crippen molar-refractivity contribution in [3.05, 3.63) is 0 Å². The fourth-order valence-corrected chi connectivity index (χ4v) is 0.618. The molecule has 0 aromatic carbocycles. The maximum atomic E-state index is 9.90. The molecular weight excluding hydrogens is 245 g/mol. The van der Waals surface area contributed by atoms with Gasteiger partial charge in [-0.15, -0.1) is 4.89 Å². The quantitative estimate of drug-likeness (QED) is 0.192. The molecule has 96 valence electrons. The Labute approximate surface area is 91.7 Å². The maximum absolute atomic E-state index is 9.90. The molecular formula is C6H15NO8P+. The van der Waals surface area contributed by atoms with Crippen LogP contribution < -0.4 is 5.50 Å². The van der Waals surface area contributed by atoms with Crippen LogP contribution in [0, 0.1) is 0 Å². The van der Waals surface area contributed by atoms with Crippen LogP contribution >= 0.6 is 8.18 Å². The van der Waals surface area contributed by atoms with Gasteiger partial charge in [0.25, 0.3) is 0 Å². The van der Waals surface area contributed by atoms with E-state index < -0.39 is 39.2 Å². The highest BCUT2D eigenvalue weighted by molar-refractivity contribution is 7.35. The van der Waals surface area contributed by atoms with E-state index in [0.717, 1.165) is 0 Å². The number of carbonyl (C=O) groups excluding carboxylic acids is 1. The summed E-state index contributed by atoms with van der Waals surface area (Å²) in [7, 11) is -2.37. The first-order valence-electron chi connectivity index (χ1n) is 3.97. The van der Waals surface area contributed by atoms with Crippen LogP contribution in [0.15, 0.2) is 0 Å². The van der Waals surface area contributed by atoms with Crippen molar-refractivity contribution < 1.29 is 39.8 Å². The van der Waals surface area contributed by atoms with Crippen molar-refractivity contribution in [1.29, 1.82) is 0 Å². The zero-order chi connectivity index (χ0) is 13.3. The van der Waals surface area contributed by atoms with Crippen molar-refractivity contribution >= 4 is 14.5 Å². The first-order valence-corrected chi connectivity index (χ1v) is 5.25. The third-order valence-corrected chi connectivity index (χ3v) is 1.42. The molecule has 0 aliphatic rings. The summed E-state index contributed by atoms with van der Waals surface area (Å²) in [5.41, 5.74) is 4.18. The van der Waals surface area contributed by atoms with Gasteiger partial charge in [0, 0.05) is 0 Å². The molecule has 0 rings (SSSR count). The molecule has 0 fully saturated rings. The summed E-state index contributed by atoms with van der Waals surface area (Å²) < 4.78 is 8.93. The molecule has 0 radical (unpaired) electrons. The Hall–Kier alpha value is -0.510. The number of aliphatic hydroxyl groups is 5. The first kappa shape index (κ1) is 17.9. The van der Waals surface area contributed by atoms with Crippen molar-refractivity contribution in [3.63, 3.8) is 0 Å². The second kappa shape index (κ2) is 9.70. The Bertz CT molecular complexity index is 211. The molecule has 0 bridgehead atoms. The summed E-state index contributed by atoms with van der Waals surface area (Å²) in [5, 5.41) is 43.5. The Morgan fingerprint density at radius 1 is 1.19 bits per heavy atom. The Morgan fingerprint density at radius 3 is 1.81 bits per heavy atom. The van der Waals surface area contributed by atoms with Crippen molar-refractivity contribution in [2.75, 3.05) is 6.61 Å². The average molecular weight is 260 g/mol. The van der Waals surface area contributed by atoms with Gasteiger partial charge in [-0.2, -0.15) is 0 Å². The number of hydrogen-bond acceptors (Lipinski definition) is 7. The SMILES string of the molecule is N[P+](=O)O.O=C[C@H](O)[C@@H](O)[C@H](O)[C@H](O)CO. The summed E-state index contributed by atoms with van der Waals surface area (Å²) >= 11 is 0. The summed E-state index contributed by atoms with van der Waals surface area (Å²) in [6.45, 7) is -0.760. The normalized spacial score (nSPS) is 18.6. The van der Waals surface area contributed by atoms with E-state index in [0.29, 0.717) is 0 Å². The van der Waals surface area contributed by atoms with Gasteiger partial charge in [-0.3, -0.25) is 0 Å². The molecule has 0 spiro atoms. The molecule has 0 saturated carbocycles. The van der Waals surface area contributed by atoms with Crippen LogP contribution in [0.2, 0.25) is 0 Å². The van der Waals surface area contributed by atoms with Crippen LogP contribution in [0.5, 0.6) is 0 Å². The van der Waals surface area contributed by atoms with Crippen LogP contribution in [0.4, 0.5) is 0 Å². The summed E-state index contributed by atoms with van der Waals surface area (Å²) in [6.07, 6.45) is -6.84. The molecule has 8 N–H and O–H groups in total. The van der Waals surface area contributed by atoms with Crippen molar-refractivity contribution in [3.8, 4) is 0 Å². The van der Waals surface area contributed by atoms with Gasteiger partial charge >= 0.3 is 8.18 Å². The Kier molecular flexibility index (Phi) is 10.8. The molecule has 0 aromatic rings. The van der Waals surface area contributed by atoms with Crippen LogP contribution in [0.3, 0.4) is 0 Å². The summed E-state index contributed by atoms with van der Waals surface area (Å²) in [6, 6.07) is 0. The van der Waals surface area contributed by atoms with Crippen LogP contribution in [-0.2, 0) is 9.36 Å². The smallest absolute Gasteiger partial charge is 0.394 e. The van der Waals surface area contributed by atoms with Gasteiger partial charge in [0.1, 0.15) is 24.4 Å². The standard InChI is InChI=1S/C6H12O6.H2NO2P/c7-1-3(9)5(11)6(12)4(10)2-8;1-4(2)3/h1,3-6,8-12H,2H2;(H2-,1,2,3)/p+1/t3-,4+,5+,6+;/m0./s1. The van der Waals surface area contributed by atoms with E-state index in [2.05, 4.69) is 5.50 Å². The van der Waals surface area contributed by atoms with E-state index in [1.165, 1.54) is 0 Å². The molecule has 0 aromatic heterocycles. The van der Waals surface area contributed by atoms with Crippen LogP contribution in [-0.4, -0.2) is 67.7 Å². The highest BCUT2D eigenvalue weighted by Crippen LogP contribution is 2.02. The number of carbonyl (C=O) groups is 1. The van der Waals surface area contributed by atoms with E-state index in [9.17, 15) is 4.79 Å². The lowest BCUT2D eigenvalue weighted by Crippen LogP contribution is -2.46. The van der Waals surface area contributed by atoms with E-state index >= 15 is 0 Å². The second-order valence-corrected chi connectivity index (χ2v) is 3.27. The minimum absolute atomic E-state index is 0.0258. The Balaban J connectivity index is 0. The summed E-state index contributed by atoms with van der Waals surface area (Å²) in [4.78, 5) is 17.2. The molecule has 0 aliphatic carbocycles. The fraction of sp³-hybridized carbons (Fsp3) is 0.833. The maximum Gasteiger partial charge on any atom is 0.607 e. The molecule has 0 aliphatic heterocycles. The fourth-order valence-electron chi connectivity index (χ4n) is 0.618. The minimum Gasteiger partial charge on any atom is -0.394 e. The third kappa shape index (κ3) is 8.77. The topological polar surface area (TPSA) is 182 Å². The number of hydrogen-bond donors (Lipinski definition) is 7. The lowest BCUT2D eigenvalue weighted by molar-refractivity contribution is -0.136. The van der Waals surface area contributed by atoms with E-state index in [1.807, 2.05) is 0 Å². The zero-order valence-electron chi connectivity index (χ0n) is 8.12. The van der Waals surface area contributed by atoms with Gasteiger partial charge in [-0.1, -0.05) is 5.50 Å². The van der Waals surface area contributed by atoms with Gasteiger partial charge in [0.05, 0.1) is 6.61 Å². The van der Waals surface area contributed by atoms with Gasteiger partial charge in [0.2, 0.25) is 0 Å². The molecule has 9 nitrogen and oxygen atoms in total. The zero-order valence-corrected chi connectivity index (χ0v) is 9.01. The van der Waals surface area contributed by atoms with E-state index in [-0.39, 0.29) is 6.29 Å². The molecule has 16 heavy (non-hydrogen) atoms. The number of rotatable bonds is 5. The van der Waals surface area contributed by atoms with Crippen molar-refractivity contribution in [1.82, 2.24) is 0 Å². The van der Waals surface area contributed by atoms with Gasteiger partial charge in [-0.25, -0.2) is 0 Å². The lowest BCUT2D eigenvalue weighted by atomic mass is 10.0. The average Bonchev–Trinajstić information content (AvgIpc) is 2.24. The second-order valence-electron chi connectivity index (χ2n) is 2.66. The number of aldehydes is 1. The van der Waals surface area contributed by atoms with Crippen LogP contribution in [0.25, 0.3) is 0 Å². The molecule has 0 heterocycles. The minimum atomic E-state index is -2.37. The molecule has 0 amide bonds. The highest BCUT2D eigenvalue weighted by Gasteiger charge is 2.29. The molecule has 10 heteroatoms. The van der Waals surface area contributed by atoms with Gasteiger partial charge < -0.3 is 30.3 Å². The molecule has 1 unspecified atom stereocenters. The predicted molar refractivity (Wildman–Crippen MR) is 51.2 cm³/mol. The molecule has 5 atom stereocenters. The van der Waals surface area contributed by atoms with Crippen molar-refractivity contribution in [2.24, 2.45) is 5.50 Å². The Morgan fingerprint density at radius 2 is 1.56 bits per heavy atom. The largest absolute Gasteiger partial charge is 0.607 e. The third-order valence-electron chi connectivity index (χ3n) is 1.42. The monoisotopic (exact) mass is 260 g/mol. The molecule has 0 saturated heterocycles. The lowest BCUT2D eigenvalue weighted by Gasteiger charge is -2.22. The van der Waals surface area contributed by atoms with E-state index in [1.54, 1.807) is 0 Å². The highest BCUT2D eigenvalue weighted by atomic mass is 31.1. The number of aliphatic hydroxyl groups excluding tert-OH is 5. The first-order chi connectivity index (χ1) is 7.27. The predicted octanol–water partition coefficient (Wildman–Crippen LogP) is -3.78. The van der Waals surface area contributed by atoms with E-state index in [4.69, 9.17) is 35.0 Å². The number of nitrogens with two attached hydrogens (primary N) is 1. The summed E-state index contributed by atoms with van der Waals surface area (Å²) in [5.74, 6) is 0.